The molecule has 1 aromatic rings. The molecular weight excluding hydrogens is 246 g/mol. The van der Waals surface area contributed by atoms with Crippen molar-refractivity contribution in [1.29, 1.82) is 0 Å². The van der Waals surface area contributed by atoms with Crippen LogP contribution in [0.3, 0.4) is 0 Å². The van der Waals surface area contributed by atoms with Crippen LogP contribution in [0.25, 0.3) is 0 Å². The maximum absolute atomic E-state index is 6.15. The van der Waals surface area contributed by atoms with E-state index in [4.69, 9.17) is 5.73 Å². The summed E-state index contributed by atoms with van der Waals surface area (Å²) in [5, 5.41) is 0. The molecule has 3 heteroatoms. The first-order chi connectivity index (χ1) is 9.52. The minimum atomic E-state index is 0.344. The van der Waals surface area contributed by atoms with Crippen molar-refractivity contribution in [2.24, 2.45) is 5.73 Å². The van der Waals surface area contributed by atoms with Gasteiger partial charge in [-0.2, -0.15) is 0 Å². The molecule has 2 unspecified atom stereocenters. The maximum Gasteiger partial charge on any atom is 0.0476 e. The molecule has 1 saturated heterocycles. The van der Waals surface area contributed by atoms with E-state index in [2.05, 4.69) is 55.8 Å². The van der Waals surface area contributed by atoms with Gasteiger partial charge in [0.05, 0.1) is 0 Å². The van der Waals surface area contributed by atoms with E-state index in [1.807, 2.05) is 0 Å². The standard InChI is InChI=1S/C17H29N3/c1-13-6-7-14(2)16(10-13)17(11-18)20-9-5-8-19(4)12-15(20)3/h6-7,10,15,17H,5,8-9,11-12,18H2,1-4H3. The van der Waals surface area contributed by atoms with Crippen molar-refractivity contribution in [3.05, 3.63) is 34.9 Å². The predicted molar refractivity (Wildman–Crippen MR) is 86.0 cm³/mol. The molecule has 2 N–H and O–H groups in total. The molecular formula is C17H29N3. The summed E-state index contributed by atoms with van der Waals surface area (Å²) in [4.78, 5) is 5.03. The van der Waals surface area contributed by atoms with E-state index in [1.54, 1.807) is 0 Å². The fourth-order valence-corrected chi connectivity index (χ4v) is 3.41. The average molecular weight is 275 g/mol. The van der Waals surface area contributed by atoms with Crippen molar-refractivity contribution in [1.82, 2.24) is 9.80 Å². The minimum Gasteiger partial charge on any atom is -0.329 e. The maximum atomic E-state index is 6.15. The van der Waals surface area contributed by atoms with Gasteiger partial charge in [-0.1, -0.05) is 23.8 Å². The Balaban J connectivity index is 2.28. The van der Waals surface area contributed by atoms with Gasteiger partial charge in [0.15, 0.2) is 0 Å². The summed E-state index contributed by atoms with van der Waals surface area (Å²) in [5.41, 5.74) is 10.2. The van der Waals surface area contributed by atoms with Crippen LogP contribution < -0.4 is 5.73 Å². The number of aryl methyl sites for hydroxylation is 2. The van der Waals surface area contributed by atoms with Crippen LogP contribution in [0, 0.1) is 13.8 Å². The van der Waals surface area contributed by atoms with Gasteiger partial charge >= 0.3 is 0 Å². The molecule has 0 spiro atoms. The number of hydrogen-bond acceptors (Lipinski definition) is 3. The molecule has 0 saturated carbocycles. The van der Waals surface area contributed by atoms with E-state index in [-0.39, 0.29) is 0 Å². The van der Waals surface area contributed by atoms with Crippen LogP contribution in [0.5, 0.6) is 0 Å². The van der Waals surface area contributed by atoms with Gasteiger partial charge < -0.3 is 10.6 Å². The van der Waals surface area contributed by atoms with Gasteiger partial charge in [-0.05, 0) is 51.9 Å². The molecule has 1 heterocycles. The summed E-state index contributed by atoms with van der Waals surface area (Å²) in [6.45, 7) is 10.8. The van der Waals surface area contributed by atoms with Crippen LogP contribution in [0.1, 0.15) is 36.1 Å². The van der Waals surface area contributed by atoms with Crippen molar-refractivity contribution in [3.8, 4) is 0 Å². The topological polar surface area (TPSA) is 32.5 Å². The van der Waals surface area contributed by atoms with E-state index in [1.165, 1.54) is 29.7 Å². The first-order valence-corrected chi connectivity index (χ1v) is 7.74. The van der Waals surface area contributed by atoms with E-state index in [9.17, 15) is 0 Å². The summed E-state index contributed by atoms with van der Waals surface area (Å²) >= 11 is 0. The summed E-state index contributed by atoms with van der Waals surface area (Å²) in [5.74, 6) is 0. The highest BCUT2D eigenvalue weighted by Crippen LogP contribution is 2.27. The Morgan fingerprint density at radius 1 is 1.30 bits per heavy atom. The van der Waals surface area contributed by atoms with E-state index >= 15 is 0 Å². The number of hydrogen-bond donors (Lipinski definition) is 1. The number of rotatable bonds is 3. The van der Waals surface area contributed by atoms with Gasteiger partial charge in [-0.25, -0.2) is 0 Å². The third-order valence-corrected chi connectivity index (χ3v) is 4.52. The first-order valence-electron chi connectivity index (χ1n) is 7.74. The van der Waals surface area contributed by atoms with Crippen LogP contribution in [0.15, 0.2) is 18.2 Å². The van der Waals surface area contributed by atoms with Crippen molar-refractivity contribution >= 4 is 0 Å². The Morgan fingerprint density at radius 2 is 2.05 bits per heavy atom. The summed E-state index contributed by atoms with van der Waals surface area (Å²) < 4.78 is 0. The lowest BCUT2D eigenvalue weighted by molar-refractivity contribution is 0.146. The third-order valence-electron chi connectivity index (χ3n) is 4.52. The minimum absolute atomic E-state index is 0.344. The van der Waals surface area contributed by atoms with Gasteiger partial charge in [0.1, 0.15) is 0 Å². The summed E-state index contributed by atoms with van der Waals surface area (Å²) in [6, 6.07) is 7.62. The molecule has 20 heavy (non-hydrogen) atoms. The molecule has 1 aliphatic heterocycles. The average Bonchev–Trinajstić information content (AvgIpc) is 2.56. The Labute approximate surface area is 123 Å². The number of benzene rings is 1. The second-order valence-electron chi connectivity index (χ2n) is 6.31. The lowest BCUT2D eigenvalue weighted by Gasteiger charge is -2.36. The molecule has 0 aliphatic carbocycles. The second-order valence-corrected chi connectivity index (χ2v) is 6.31. The van der Waals surface area contributed by atoms with Crippen molar-refractivity contribution in [3.63, 3.8) is 0 Å². The van der Waals surface area contributed by atoms with Gasteiger partial charge in [0, 0.05) is 31.7 Å². The monoisotopic (exact) mass is 275 g/mol. The van der Waals surface area contributed by atoms with E-state index in [0.717, 1.165) is 13.1 Å². The molecule has 3 nitrogen and oxygen atoms in total. The van der Waals surface area contributed by atoms with Crippen LogP contribution in [0.4, 0.5) is 0 Å². The van der Waals surface area contributed by atoms with E-state index < -0.39 is 0 Å². The number of nitrogens with two attached hydrogens (primary N) is 1. The summed E-state index contributed by atoms with van der Waals surface area (Å²) in [6.07, 6.45) is 1.22. The zero-order chi connectivity index (χ0) is 14.7. The van der Waals surface area contributed by atoms with Crippen LogP contribution in [-0.2, 0) is 0 Å². The quantitative estimate of drug-likeness (QED) is 0.919. The largest absolute Gasteiger partial charge is 0.329 e. The Morgan fingerprint density at radius 3 is 2.75 bits per heavy atom. The first kappa shape index (κ1) is 15.5. The molecule has 0 radical (unpaired) electrons. The molecule has 1 aromatic carbocycles. The van der Waals surface area contributed by atoms with E-state index in [0.29, 0.717) is 18.6 Å². The fraction of sp³-hybridized carbons (Fsp3) is 0.647. The second kappa shape index (κ2) is 6.70. The molecule has 2 atom stereocenters. The highest BCUT2D eigenvalue weighted by Gasteiger charge is 2.27. The van der Waals surface area contributed by atoms with Crippen LogP contribution in [-0.4, -0.2) is 49.1 Å². The van der Waals surface area contributed by atoms with Crippen LogP contribution >= 0.6 is 0 Å². The van der Waals surface area contributed by atoms with Crippen molar-refractivity contribution < 1.29 is 0 Å². The molecule has 1 aliphatic rings. The van der Waals surface area contributed by atoms with Gasteiger partial charge in [0.2, 0.25) is 0 Å². The summed E-state index contributed by atoms with van der Waals surface area (Å²) in [7, 11) is 2.22. The SMILES string of the molecule is Cc1ccc(C)c(C(CN)N2CCCN(C)CC2C)c1. The molecule has 2 rings (SSSR count). The zero-order valence-electron chi connectivity index (χ0n) is 13.4. The molecule has 0 aromatic heterocycles. The molecule has 0 bridgehead atoms. The van der Waals surface area contributed by atoms with Crippen LogP contribution in [0.2, 0.25) is 0 Å². The number of nitrogens with zero attached hydrogens (tertiary/aromatic N) is 2. The predicted octanol–water partition coefficient (Wildman–Crippen LogP) is 2.33. The Hall–Kier alpha value is -0.900. The zero-order valence-corrected chi connectivity index (χ0v) is 13.4. The van der Waals surface area contributed by atoms with Gasteiger partial charge in [0.25, 0.3) is 0 Å². The van der Waals surface area contributed by atoms with Gasteiger partial charge in [-0.3, -0.25) is 4.90 Å². The smallest absolute Gasteiger partial charge is 0.0476 e. The molecule has 1 fully saturated rings. The van der Waals surface area contributed by atoms with Gasteiger partial charge in [-0.15, -0.1) is 0 Å². The third kappa shape index (κ3) is 3.40. The van der Waals surface area contributed by atoms with Crippen molar-refractivity contribution in [2.75, 3.05) is 33.2 Å². The lowest BCUT2D eigenvalue weighted by atomic mass is 9.96. The molecule has 0 amide bonds. The molecule has 112 valence electrons. The lowest BCUT2D eigenvalue weighted by Crippen LogP contribution is -2.43. The van der Waals surface area contributed by atoms with Crippen molar-refractivity contribution in [2.45, 2.75) is 39.3 Å². The Bertz CT molecular complexity index is 444. The number of likely N-dealkylation sites (N-methyl/N-ethyl adjacent to an activating group) is 1. The Kier molecular flexibility index (Phi) is 5.19. The highest BCUT2D eigenvalue weighted by molar-refractivity contribution is 5.33. The fourth-order valence-electron chi connectivity index (χ4n) is 3.41. The highest BCUT2D eigenvalue weighted by atomic mass is 15.3. The normalized spacial score (nSPS) is 23.6.